The number of nitrogens with one attached hydrogen (secondary N) is 1. The highest BCUT2D eigenvalue weighted by molar-refractivity contribution is 8.26. The van der Waals surface area contributed by atoms with Crippen molar-refractivity contribution >= 4 is 10.5 Å². The summed E-state index contributed by atoms with van der Waals surface area (Å²) in [4.78, 5) is 0. The molecule has 0 bridgehead atoms. The Balaban J connectivity index is 3.36. The fourth-order valence-corrected chi connectivity index (χ4v) is 0.433. The van der Waals surface area contributed by atoms with E-state index in [2.05, 4.69) is 4.72 Å². The highest BCUT2D eigenvalue weighted by atomic mass is 32.3. The van der Waals surface area contributed by atoms with Crippen molar-refractivity contribution in [3.8, 4) is 0 Å². The molecule has 3 heteroatoms. The molecule has 0 spiro atoms. The van der Waals surface area contributed by atoms with Gasteiger partial charge in [-0.3, -0.25) is 4.72 Å². The molecular formula is C4H13NOS. The quantitative estimate of drug-likeness (QED) is 0.575. The Hall–Kier alpha value is 0.270. The van der Waals surface area contributed by atoms with Crippen LogP contribution in [0.2, 0.25) is 0 Å². The van der Waals surface area contributed by atoms with Crippen LogP contribution in [-0.4, -0.2) is 23.6 Å². The van der Waals surface area contributed by atoms with E-state index in [1.54, 1.807) is 7.05 Å². The summed E-state index contributed by atoms with van der Waals surface area (Å²) in [5.74, 6) is 0.823. The number of hydrogen-bond acceptors (Lipinski definition) is 2. The number of rotatable bonds is 2. The van der Waals surface area contributed by atoms with Crippen LogP contribution in [-0.2, 0) is 0 Å². The summed E-state index contributed by atoms with van der Waals surface area (Å²) in [6.07, 6.45) is 1.83. The first kappa shape index (κ1) is 7.27. The van der Waals surface area contributed by atoms with E-state index in [0.717, 1.165) is 5.75 Å². The van der Waals surface area contributed by atoms with Gasteiger partial charge in [0.25, 0.3) is 0 Å². The first-order chi connectivity index (χ1) is 3.12. The molecule has 46 valence electrons. The maximum atomic E-state index is 9.10. The average Bonchev–Trinajstić information content (AvgIpc) is 1.68. The molecule has 0 amide bonds. The average molecular weight is 123 g/mol. The van der Waals surface area contributed by atoms with Crippen LogP contribution < -0.4 is 4.72 Å². The van der Waals surface area contributed by atoms with E-state index in [1.165, 1.54) is 0 Å². The van der Waals surface area contributed by atoms with Crippen molar-refractivity contribution in [1.29, 1.82) is 0 Å². The lowest BCUT2D eigenvalue weighted by atomic mass is 11.0. The van der Waals surface area contributed by atoms with Crippen molar-refractivity contribution in [2.24, 2.45) is 0 Å². The highest BCUT2D eigenvalue weighted by Gasteiger charge is 2.03. The lowest BCUT2D eigenvalue weighted by molar-refractivity contribution is 0.622. The molecule has 0 aromatic carbocycles. The van der Waals surface area contributed by atoms with Gasteiger partial charge in [-0.25, -0.2) is 0 Å². The molecule has 0 aromatic rings. The minimum atomic E-state index is -1.41. The standard InChI is InChI=1S/C4H13NOS/c1-4-7(3,6)5-2/h5-6H,4H2,1-3H3. The second-order valence-electron chi connectivity index (χ2n) is 1.53. The van der Waals surface area contributed by atoms with Gasteiger partial charge in [0.1, 0.15) is 0 Å². The Morgan fingerprint density at radius 1 is 1.71 bits per heavy atom. The summed E-state index contributed by atoms with van der Waals surface area (Å²) in [5.41, 5.74) is 0. The third kappa shape index (κ3) is 2.91. The largest absolute Gasteiger partial charge is 0.339 e. The lowest BCUT2D eigenvalue weighted by Gasteiger charge is -2.25. The molecule has 2 N–H and O–H groups in total. The molecule has 0 fully saturated rings. The van der Waals surface area contributed by atoms with Gasteiger partial charge in [0, 0.05) is 5.75 Å². The Bertz CT molecular complexity index is 49.7. The molecule has 7 heavy (non-hydrogen) atoms. The molecule has 0 heterocycles. The van der Waals surface area contributed by atoms with Gasteiger partial charge in [-0.1, -0.05) is 17.4 Å². The summed E-state index contributed by atoms with van der Waals surface area (Å²) >= 11 is 0. The van der Waals surface area contributed by atoms with Crippen LogP contribution in [0.4, 0.5) is 0 Å². The van der Waals surface area contributed by atoms with Crippen molar-refractivity contribution in [3.63, 3.8) is 0 Å². The summed E-state index contributed by atoms with van der Waals surface area (Å²) in [5, 5.41) is 0. The maximum Gasteiger partial charge on any atom is 0.00815 e. The van der Waals surface area contributed by atoms with Gasteiger partial charge in [0.2, 0.25) is 0 Å². The van der Waals surface area contributed by atoms with E-state index in [0.29, 0.717) is 0 Å². The molecule has 0 aromatic heterocycles. The van der Waals surface area contributed by atoms with E-state index in [9.17, 15) is 0 Å². The molecule has 0 aliphatic carbocycles. The molecule has 1 atom stereocenters. The fourth-order valence-electron chi connectivity index (χ4n) is 0.144. The van der Waals surface area contributed by atoms with Crippen LogP contribution in [0.25, 0.3) is 0 Å². The molecule has 1 unspecified atom stereocenters. The van der Waals surface area contributed by atoms with Crippen LogP contribution in [0.15, 0.2) is 0 Å². The SMILES string of the molecule is CCS(C)(O)NC. The van der Waals surface area contributed by atoms with E-state index < -0.39 is 10.5 Å². The van der Waals surface area contributed by atoms with E-state index in [4.69, 9.17) is 4.55 Å². The molecular weight excluding hydrogens is 110 g/mol. The minimum absolute atomic E-state index is 0.823. The molecule has 0 rings (SSSR count). The third-order valence-electron chi connectivity index (χ3n) is 1.00. The van der Waals surface area contributed by atoms with Crippen molar-refractivity contribution in [3.05, 3.63) is 0 Å². The van der Waals surface area contributed by atoms with Crippen LogP contribution >= 0.6 is 10.5 Å². The van der Waals surface area contributed by atoms with E-state index in [-0.39, 0.29) is 0 Å². The zero-order chi connectivity index (χ0) is 5.91. The lowest BCUT2D eigenvalue weighted by Crippen LogP contribution is -2.15. The molecule has 0 aliphatic heterocycles. The van der Waals surface area contributed by atoms with Gasteiger partial charge in [0.15, 0.2) is 0 Å². The molecule has 0 saturated carbocycles. The van der Waals surface area contributed by atoms with E-state index >= 15 is 0 Å². The summed E-state index contributed by atoms with van der Waals surface area (Å²) < 4.78 is 11.9. The first-order valence-corrected chi connectivity index (χ1v) is 4.46. The Labute approximate surface area is 46.6 Å². The van der Waals surface area contributed by atoms with Crippen molar-refractivity contribution in [2.75, 3.05) is 19.1 Å². The summed E-state index contributed by atoms with van der Waals surface area (Å²) in [6, 6.07) is 0. The highest BCUT2D eigenvalue weighted by Crippen LogP contribution is 2.31. The Morgan fingerprint density at radius 2 is 2.14 bits per heavy atom. The van der Waals surface area contributed by atoms with Gasteiger partial charge < -0.3 is 4.55 Å². The van der Waals surface area contributed by atoms with Crippen LogP contribution in [0.5, 0.6) is 0 Å². The minimum Gasteiger partial charge on any atom is -0.339 e. The van der Waals surface area contributed by atoms with Crippen LogP contribution in [0, 0.1) is 0 Å². The first-order valence-electron chi connectivity index (χ1n) is 2.29. The van der Waals surface area contributed by atoms with Crippen LogP contribution in [0.1, 0.15) is 6.92 Å². The topological polar surface area (TPSA) is 32.3 Å². The van der Waals surface area contributed by atoms with Crippen molar-refractivity contribution < 1.29 is 4.55 Å². The molecule has 2 nitrogen and oxygen atoms in total. The normalized spacial score (nSPS) is 23.4. The van der Waals surface area contributed by atoms with Gasteiger partial charge in [-0.05, 0) is 13.3 Å². The zero-order valence-corrected chi connectivity index (χ0v) is 5.88. The van der Waals surface area contributed by atoms with Gasteiger partial charge in [-0.2, -0.15) is 0 Å². The molecule has 0 radical (unpaired) electrons. The van der Waals surface area contributed by atoms with Crippen molar-refractivity contribution in [2.45, 2.75) is 6.92 Å². The summed E-state index contributed by atoms with van der Waals surface area (Å²) in [6.45, 7) is 1.96. The van der Waals surface area contributed by atoms with Gasteiger partial charge >= 0.3 is 0 Å². The van der Waals surface area contributed by atoms with Gasteiger partial charge in [0.05, 0.1) is 0 Å². The van der Waals surface area contributed by atoms with Crippen LogP contribution in [0.3, 0.4) is 0 Å². The summed E-state index contributed by atoms with van der Waals surface area (Å²) in [7, 11) is 0.369. The van der Waals surface area contributed by atoms with Crippen molar-refractivity contribution in [1.82, 2.24) is 4.72 Å². The second kappa shape index (κ2) is 2.55. The maximum absolute atomic E-state index is 9.10. The predicted molar refractivity (Wildman–Crippen MR) is 35.7 cm³/mol. The molecule has 0 saturated heterocycles. The third-order valence-corrected chi connectivity index (χ3v) is 3.01. The fraction of sp³-hybridized carbons (Fsp3) is 1.00. The smallest absolute Gasteiger partial charge is 0.00815 e. The monoisotopic (exact) mass is 123 g/mol. The Kier molecular flexibility index (Phi) is 2.64. The van der Waals surface area contributed by atoms with Gasteiger partial charge in [-0.15, -0.1) is 0 Å². The number of hydrogen-bond donors (Lipinski definition) is 2. The second-order valence-corrected chi connectivity index (χ2v) is 4.60. The molecule has 0 aliphatic rings. The Morgan fingerprint density at radius 3 is 2.14 bits per heavy atom. The zero-order valence-electron chi connectivity index (χ0n) is 5.06. The van der Waals surface area contributed by atoms with E-state index in [1.807, 2.05) is 13.2 Å². The predicted octanol–water partition coefficient (Wildman–Crippen LogP) is 1.05.